The Morgan fingerprint density at radius 3 is 2.46 bits per heavy atom. The molecule has 1 aromatic heterocycles. The Morgan fingerprint density at radius 2 is 1.82 bits per heavy atom. The van der Waals surface area contributed by atoms with Crippen LogP contribution in [0.1, 0.15) is 6.42 Å². The number of benzene rings is 1. The molecule has 1 aromatic carbocycles. The van der Waals surface area contributed by atoms with Crippen LogP contribution in [0.4, 0.5) is 11.6 Å². The summed E-state index contributed by atoms with van der Waals surface area (Å²) >= 11 is 0. The first-order valence-corrected chi connectivity index (χ1v) is 9.07. The lowest BCUT2D eigenvalue weighted by Gasteiger charge is -2.35. The quantitative estimate of drug-likeness (QED) is 0.647. The van der Waals surface area contributed by atoms with E-state index in [2.05, 4.69) is 20.2 Å². The van der Waals surface area contributed by atoms with Crippen molar-refractivity contribution in [2.45, 2.75) is 6.42 Å². The molecule has 28 heavy (non-hydrogen) atoms. The number of hydrogen-bond acceptors (Lipinski definition) is 7. The molecule has 1 aliphatic rings. The number of piperazine rings is 1. The molecule has 148 valence electrons. The molecule has 0 unspecified atom stereocenters. The first-order chi connectivity index (χ1) is 13.5. The first kappa shape index (κ1) is 19.6. The molecule has 2 aromatic rings. The van der Waals surface area contributed by atoms with E-state index in [-0.39, 0.29) is 12.2 Å². The van der Waals surface area contributed by atoms with E-state index < -0.39 is 17.8 Å². The van der Waals surface area contributed by atoms with Crippen LogP contribution in [0.5, 0.6) is 5.75 Å². The fourth-order valence-corrected chi connectivity index (χ4v) is 3.15. The second kappa shape index (κ2) is 9.14. The zero-order valence-electron chi connectivity index (χ0n) is 15.4. The van der Waals surface area contributed by atoms with Gasteiger partial charge < -0.3 is 20.4 Å². The van der Waals surface area contributed by atoms with Gasteiger partial charge in [-0.25, -0.2) is 9.97 Å². The van der Waals surface area contributed by atoms with Gasteiger partial charge in [0.1, 0.15) is 5.75 Å². The maximum absolute atomic E-state index is 12.2. The van der Waals surface area contributed by atoms with Gasteiger partial charge in [0, 0.05) is 63.3 Å². The molecular formula is C19H23N5O4. The van der Waals surface area contributed by atoms with Crippen molar-refractivity contribution in [3.05, 3.63) is 42.7 Å². The number of aliphatic carboxylic acids is 1. The summed E-state index contributed by atoms with van der Waals surface area (Å²) in [5.74, 6) is -1.50. The molecule has 0 aliphatic carbocycles. The Bertz CT molecular complexity index is 809. The number of carboxylic acid groups (broad SMARTS) is 1. The lowest BCUT2D eigenvalue weighted by Crippen LogP contribution is -2.49. The van der Waals surface area contributed by atoms with Crippen molar-refractivity contribution in [2.75, 3.05) is 42.9 Å². The summed E-state index contributed by atoms with van der Waals surface area (Å²) in [6.07, 6.45) is 3.26. The number of amides is 1. The summed E-state index contributed by atoms with van der Waals surface area (Å²) in [5.41, 5.74) is 0.436. The fourth-order valence-electron chi connectivity index (χ4n) is 3.15. The standard InChI is InChI=1S/C19H23N5O4/c25-16-4-1-3-15(12-16)22-17(26)11-14(18(27)28)13-23-7-9-24(10-8-23)19-20-5-2-6-21-19/h1-6,12,14,25H,7-11,13H2,(H,22,26)(H,27,28)/t14-/m1/s1. The van der Waals surface area contributed by atoms with Gasteiger partial charge in [-0.15, -0.1) is 0 Å². The van der Waals surface area contributed by atoms with Crippen LogP contribution in [0.2, 0.25) is 0 Å². The molecule has 2 heterocycles. The van der Waals surface area contributed by atoms with Gasteiger partial charge in [-0.2, -0.15) is 0 Å². The summed E-state index contributed by atoms with van der Waals surface area (Å²) in [7, 11) is 0. The lowest BCUT2D eigenvalue weighted by molar-refractivity contribution is -0.144. The van der Waals surface area contributed by atoms with E-state index in [4.69, 9.17) is 0 Å². The first-order valence-electron chi connectivity index (χ1n) is 9.07. The van der Waals surface area contributed by atoms with Gasteiger partial charge in [-0.05, 0) is 18.2 Å². The molecule has 1 atom stereocenters. The monoisotopic (exact) mass is 385 g/mol. The molecule has 3 rings (SSSR count). The van der Waals surface area contributed by atoms with Crippen LogP contribution in [0.25, 0.3) is 0 Å². The van der Waals surface area contributed by atoms with Crippen molar-refractivity contribution in [3.63, 3.8) is 0 Å². The maximum atomic E-state index is 12.2. The smallest absolute Gasteiger partial charge is 0.308 e. The summed E-state index contributed by atoms with van der Waals surface area (Å²) in [6.45, 7) is 3.05. The zero-order chi connectivity index (χ0) is 19.9. The van der Waals surface area contributed by atoms with E-state index >= 15 is 0 Å². The number of nitrogens with zero attached hydrogens (tertiary/aromatic N) is 4. The minimum atomic E-state index is -1.00. The van der Waals surface area contributed by atoms with E-state index in [1.165, 1.54) is 12.1 Å². The Balaban J connectivity index is 1.51. The van der Waals surface area contributed by atoms with E-state index in [0.29, 0.717) is 44.4 Å². The number of rotatable bonds is 7. The third-order valence-electron chi connectivity index (χ3n) is 4.60. The van der Waals surface area contributed by atoms with Crippen molar-refractivity contribution in [2.24, 2.45) is 5.92 Å². The van der Waals surface area contributed by atoms with Crippen LogP contribution in [-0.2, 0) is 9.59 Å². The number of phenols is 1. The predicted molar refractivity (Wildman–Crippen MR) is 103 cm³/mol. The number of aromatic hydroxyl groups is 1. The van der Waals surface area contributed by atoms with Crippen LogP contribution in [-0.4, -0.2) is 69.7 Å². The Labute approximate surface area is 162 Å². The fraction of sp³-hybridized carbons (Fsp3) is 0.368. The van der Waals surface area contributed by atoms with Crippen molar-refractivity contribution in [1.29, 1.82) is 0 Å². The summed E-state index contributed by atoms with van der Waals surface area (Å²) in [4.78, 5) is 36.4. The number of carbonyl (C=O) groups is 2. The molecule has 0 bridgehead atoms. The molecule has 9 heteroatoms. The largest absolute Gasteiger partial charge is 0.508 e. The van der Waals surface area contributed by atoms with Gasteiger partial charge >= 0.3 is 5.97 Å². The molecule has 1 amide bonds. The number of hydrogen-bond donors (Lipinski definition) is 3. The third kappa shape index (κ3) is 5.40. The number of nitrogens with one attached hydrogen (secondary N) is 1. The van der Waals surface area contributed by atoms with Crippen LogP contribution in [0.3, 0.4) is 0 Å². The van der Waals surface area contributed by atoms with Crippen LogP contribution in [0.15, 0.2) is 42.7 Å². The van der Waals surface area contributed by atoms with E-state index in [1.54, 1.807) is 30.6 Å². The molecule has 0 spiro atoms. The highest BCUT2D eigenvalue weighted by Crippen LogP contribution is 2.17. The van der Waals surface area contributed by atoms with E-state index in [9.17, 15) is 19.8 Å². The average molecular weight is 385 g/mol. The third-order valence-corrected chi connectivity index (χ3v) is 4.60. The van der Waals surface area contributed by atoms with Crippen molar-refractivity contribution in [1.82, 2.24) is 14.9 Å². The highest BCUT2D eigenvalue weighted by atomic mass is 16.4. The summed E-state index contributed by atoms with van der Waals surface area (Å²) in [6, 6.07) is 7.92. The summed E-state index contributed by atoms with van der Waals surface area (Å²) < 4.78 is 0. The van der Waals surface area contributed by atoms with Gasteiger partial charge in [-0.3, -0.25) is 14.5 Å². The SMILES string of the molecule is O=C(C[C@H](CN1CCN(c2ncccn2)CC1)C(=O)O)Nc1cccc(O)c1. The highest BCUT2D eigenvalue weighted by Gasteiger charge is 2.27. The topological polar surface area (TPSA) is 119 Å². The molecule has 1 aliphatic heterocycles. The summed E-state index contributed by atoms with van der Waals surface area (Å²) in [5, 5.41) is 21.6. The number of anilines is 2. The van der Waals surface area contributed by atoms with Crippen molar-refractivity contribution < 1.29 is 19.8 Å². The molecule has 0 saturated carbocycles. The Kier molecular flexibility index (Phi) is 6.38. The number of aromatic nitrogens is 2. The minimum Gasteiger partial charge on any atom is -0.508 e. The number of carboxylic acids is 1. The maximum Gasteiger partial charge on any atom is 0.308 e. The lowest BCUT2D eigenvalue weighted by atomic mass is 10.0. The Morgan fingerprint density at radius 1 is 1.11 bits per heavy atom. The van der Waals surface area contributed by atoms with Crippen molar-refractivity contribution in [3.8, 4) is 5.75 Å². The van der Waals surface area contributed by atoms with Crippen LogP contribution in [0, 0.1) is 5.92 Å². The van der Waals surface area contributed by atoms with Gasteiger partial charge in [0.15, 0.2) is 0 Å². The van der Waals surface area contributed by atoms with Gasteiger partial charge in [0.2, 0.25) is 11.9 Å². The van der Waals surface area contributed by atoms with Crippen LogP contribution >= 0.6 is 0 Å². The molecule has 1 saturated heterocycles. The molecule has 1 fully saturated rings. The number of carbonyl (C=O) groups excluding carboxylic acids is 1. The molecule has 3 N–H and O–H groups in total. The van der Waals surface area contributed by atoms with Gasteiger partial charge in [0.25, 0.3) is 0 Å². The van der Waals surface area contributed by atoms with Gasteiger partial charge in [-0.1, -0.05) is 6.07 Å². The predicted octanol–water partition coefficient (Wildman–Crippen LogP) is 1.03. The van der Waals surface area contributed by atoms with E-state index in [1.807, 2.05) is 4.90 Å². The van der Waals surface area contributed by atoms with E-state index in [0.717, 1.165) is 0 Å². The van der Waals surface area contributed by atoms with Gasteiger partial charge in [0.05, 0.1) is 5.92 Å². The minimum absolute atomic E-state index is 0.0350. The zero-order valence-corrected chi connectivity index (χ0v) is 15.4. The Hall–Kier alpha value is -3.20. The second-order valence-corrected chi connectivity index (χ2v) is 6.67. The average Bonchev–Trinajstić information content (AvgIpc) is 2.68. The number of phenolic OH excluding ortho intramolecular Hbond substituents is 1. The second-order valence-electron chi connectivity index (χ2n) is 6.67. The molecule has 0 radical (unpaired) electrons. The molecular weight excluding hydrogens is 362 g/mol. The normalized spacial score (nSPS) is 15.8. The highest BCUT2D eigenvalue weighted by molar-refractivity contribution is 5.93. The van der Waals surface area contributed by atoms with Crippen LogP contribution < -0.4 is 10.2 Å². The molecule has 9 nitrogen and oxygen atoms in total. The van der Waals surface area contributed by atoms with Crippen molar-refractivity contribution >= 4 is 23.5 Å².